The van der Waals surface area contributed by atoms with Crippen LogP contribution in [0.2, 0.25) is 0 Å². The number of thioether (sulfide) groups is 1. The third kappa shape index (κ3) is 4.08. The molecule has 0 heterocycles. The number of aliphatic hydroxyl groups excluding tert-OH is 1. The minimum absolute atomic E-state index is 0.206. The van der Waals surface area contributed by atoms with Crippen LogP contribution in [0.4, 0.5) is 0 Å². The number of benzene rings is 1. The first-order chi connectivity index (χ1) is 8.76. The molecule has 1 aromatic carbocycles. The van der Waals surface area contributed by atoms with Gasteiger partial charge in [-0.15, -0.1) is 11.8 Å². The summed E-state index contributed by atoms with van der Waals surface area (Å²) in [6.45, 7) is 0.786. The second kappa shape index (κ2) is 8.24. The summed E-state index contributed by atoms with van der Waals surface area (Å²) in [6, 6.07) is 3.96. The highest BCUT2D eigenvalue weighted by Crippen LogP contribution is 2.36. The number of ether oxygens (including phenoxy) is 2. The molecule has 3 N–H and O–H groups in total. The fourth-order valence-corrected chi connectivity index (χ4v) is 2.61. The lowest BCUT2D eigenvalue weighted by Crippen LogP contribution is -2.05. The van der Waals surface area contributed by atoms with Gasteiger partial charge in [-0.25, -0.2) is 0 Å². The van der Waals surface area contributed by atoms with E-state index < -0.39 is 0 Å². The van der Waals surface area contributed by atoms with Gasteiger partial charge in [0.2, 0.25) is 0 Å². The number of aliphatic hydroxyl groups is 1. The Hall–Kier alpha value is -0.910. The third-order valence-corrected chi connectivity index (χ3v) is 3.66. The average molecular weight is 271 g/mol. The fraction of sp³-hybridized carbons (Fsp3) is 0.538. The van der Waals surface area contributed by atoms with Gasteiger partial charge in [0, 0.05) is 12.4 Å². The van der Waals surface area contributed by atoms with E-state index in [1.807, 2.05) is 12.1 Å². The monoisotopic (exact) mass is 271 g/mol. The van der Waals surface area contributed by atoms with Crippen molar-refractivity contribution in [1.29, 1.82) is 0 Å². The van der Waals surface area contributed by atoms with Crippen molar-refractivity contribution >= 4 is 11.8 Å². The smallest absolute Gasteiger partial charge is 0.132 e. The molecule has 18 heavy (non-hydrogen) atoms. The summed E-state index contributed by atoms with van der Waals surface area (Å²) in [5.41, 5.74) is 6.64. The van der Waals surface area contributed by atoms with Crippen molar-refractivity contribution in [3.05, 3.63) is 17.7 Å². The van der Waals surface area contributed by atoms with E-state index in [1.165, 1.54) is 0 Å². The molecule has 0 saturated carbocycles. The molecule has 102 valence electrons. The molecular formula is C13H21NO3S. The molecule has 0 atom stereocenters. The lowest BCUT2D eigenvalue weighted by molar-refractivity contribution is 0.296. The predicted octanol–water partition coefficient (Wildman–Crippen LogP) is 1.68. The molecule has 0 aliphatic rings. The van der Waals surface area contributed by atoms with Gasteiger partial charge in [0.15, 0.2) is 0 Å². The molecule has 0 saturated heterocycles. The van der Waals surface area contributed by atoms with Crippen LogP contribution in [-0.4, -0.2) is 38.2 Å². The van der Waals surface area contributed by atoms with Crippen LogP contribution in [0.15, 0.2) is 17.0 Å². The van der Waals surface area contributed by atoms with E-state index in [9.17, 15) is 0 Å². The highest BCUT2D eigenvalue weighted by molar-refractivity contribution is 7.99. The van der Waals surface area contributed by atoms with Crippen LogP contribution in [-0.2, 0) is 6.42 Å². The van der Waals surface area contributed by atoms with E-state index in [-0.39, 0.29) is 6.61 Å². The second-order valence-electron chi connectivity index (χ2n) is 3.78. The van der Waals surface area contributed by atoms with Crippen LogP contribution in [0.25, 0.3) is 0 Å². The zero-order valence-electron chi connectivity index (χ0n) is 10.9. The Kier molecular flexibility index (Phi) is 6.93. The van der Waals surface area contributed by atoms with Crippen molar-refractivity contribution in [2.75, 3.05) is 33.1 Å². The van der Waals surface area contributed by atoms with Crippen LogP contribution in [0.1, 0.15) is 12.0 Å². The van der Waals surface area contributed by atoms with E-state index in [0.717, 1.165) is 40.6 Å². The van der Waals surface area contributed by atoms with Crippen molar-refractivity contribution < 1.29 is 14.6 Å². The minimum atomic E-state index is 0.206. The lowest BCUT2D eigenvalue weighted by Gasteiger charge is -2.14. The zero-order valence-corrected chi connectivity index (χ0v) is 11.8. The van der Waals surface area contributed by atoms with E-state index in [0.29, 0.717) is 6.54 Å². The van der Waals surface area contributed by atoms with Crippen LogP contribution in [0.3, 0.4) is 0 Å². The molecule has 1 aromatic rings. The van der Waals surface area contributed by atoms with Gasteiger partial charge in [-0.2, -0.15) is 0 Å². The van der Waals surface area contributed by atoms with Gasteiger partial charge in [0.25, 0.3) is 0 Å². The largest absolute Gasteiger partial charge is 0.496 e. The van der Waals surface area contributed by atoms with Gasteiger partial charge < -0.3 is 20.3 Å². The Labute approximate surface area is 112 Å². The van der Waals surface area contributed by atoms with Gasteiger partial charge in [-0.3, -0.25) is 0 Å². The first kappa shape index (κ1) is 15.1. The molecule has 0 aliphatic carbocycles. The molecule has 0 fully saturated rings. The quantitative estimate of drug-likeness (QED) is 0.556. The molecule has 0 unspecified atom stereocenters. The summed E-state index contributed by atoms with van der Waals surface area (Å²) < 4.78 is 10.8. The van der Waals surface area contributed by atoms with Crippen molar-refractivity contribution in [3.63, 3.8) is 0 Å². The Bertz CT molecular complexity index is 371. The molecule has 5 heteroatoms. The van der Waals surface area contributed by atoms with Crippen molar-refractivity contribution in [2.45, 2.75) is 17.7 Å². The number of rotatable bonds is 8. The summed E-state index contributed by atoms with van der Waals surface area (Å²) in [5.74, 6) is 2.53. The van der Waals surface area contributed by atoms with Crippen LogP contribution in [0, 0.1) is 0 Å². The Balaban J connectivity index is 2.94. The summed E-state index contributed by atoms with van der Waals surface area (Å²) >= 11 is 1.66. The summed E-state index contributed by atoms with van der Waals surface area (Å²) in [7, 11) is 3.31. The number of hydrogen-bond acceptors (Lipinski definition) is 5. The molecule has 0 amide bonds. The first-order valence-electron chi connectivity index (χ1n) is 5.95. The topological polar surface area (TPSA) is 64.7 Å². The summed E-state index contributed by atoms with van der Waals surface area (Å²) in [5, 5.41) is 8.80. The van der Waals surface area contributed by atoms with Crippen LogP contribution >= 0.6 is 11.8 Å². The Morgan fingerprint density at radius 3 is 2.50 bits per heavy atom. The van der Waals surface area contributed by atoms with E-state index in [4.69, 9.17) is 20.3 Å². The number of hydrogen-bond donors (Lipinski definition) is 2. The standard InChI is InChI=1S/C13H21NO3S/c1-16-11-9-13(18-7-3-6-15)12(17-2)8-10(11)4-5-14/h8-9,15H,3-7,14H2,1-2H3. The van der Waals surface area contributed by atoms with Crippen molar-refractivity contribution in [3.8, 4) is 11.5 Å². The Morgan fingerprint density at radius 2 is 1.94 bits per heavy atom. The van der Waals surface area contributed by atoms with Crippen molar-refractivity contribution in [1.82, 2.24) is 0 Å². The normalized spacial score (nSPS) is 10.4. The van der Waals surface area contributed by atoms with E-state index in [1.54, 1.807) is 26.0 Å². The van der Waals surface area contributed by atoms with Gasteiger partial charge in [0.05, 0.1) is 19.1 Å². The van der Waals surface area contributed by atoms with Gasteiger partial charge >= 0.3 is 0 Å². The van der Waals surface area contributed by atoms with Gasteiger partial charge in [-0.1, -0.05) is 0 Å². The molecule has 0 spiro atoms. The molecule has 0 bridgehead atoms. The number of methoxy groups -OCH3 is 2. The molecular weight excluding hydrogens is 250 g/mol. The molecule has 0 aliphatic heterocycles. The first-order valence-corrected chi connectivity index (χ1v) is 6.94. The Morgan fingerprint density at radius 1 is 1.22 bits per heavy atom. The molecule has 1 rings (SSSR count). The maximum atomic E-state index is 8.80. The van der Waals surface area contributed by atoms with Gasteiger partial charge in [0.1, 0.15) is 11.5 Å². The highest BCUT2D eigenvalue weighted by Gasteiger charge is 2.11. The highest BCUT2D eigenvalue weighted by atomic mass is 32.2. The second-order valence-corrected chi connectivity index (χ2v) is 4.92. The maximum Gasteiger partial charge on any atom is 0.132 e. The minimum Gasteiger partial charge on any atom is -0.496 e. The average Bonchev–Trinajstić information content (AvgIpc) is 2.40. The third-order valence-electron chi connectivity index (χ3n) is 2.54. The SMILES string of the molecule is COc1cc(SCCCO)c(OC)cc1CCN. The van der Waals surface area contributed by atoms with Crippen LogP contribution in [0.5, 0.6) is 11.5 Å². The summed E-state index contributed by atoms with van der Waals surface area (Å²) in [4.78, 5) is 1.03. The maximum absolute atomic E-state index is 8.80. The predicted molar refractivity (Wildman–Crippen MR) is 74.7 cm³/mol. The fourth-order valence-electron chi connectivity index (χ4n) is 1.64. The van der Waals surface area contributed by atoms with Crippen molar-refractivity contribution in [2.24, 2.45) is 5.73 Å². The molecule has 4 nitrogen and oxygen atoms in total. The number of nitrogens with two attached hydrogens (primary N) is 1. The zero-order chi connectivity index (χ0) is 13.4. The summed E-state index contributed by atoms with van der Waals surface area (Å²) in [6.07, 6.45) is 1.53. The molecule has 0 radical (unpaired) electrons. The van der Waals surface area contributed by atoms with Crippen LogP contribution < -0.4 is 15.2 Å². The molecule has 0 aromatic heterocycles. The van der Waals surface area contributed by atoms with E-state index in [2.05, 4.69) is 0 Å². The van der Waals surface area contributed by atoms with Gasteiger partial charge in [-0.05, 0) is 37.1 Å². The van der Waals surface area contributed by atoms with E-state index >= 15 is 0 Å². The lowest BCUT2D eigenvalue weighted by atomic mass is 10.1.